The van der Waals surface area contributed by atoms with Gasteiger partial charge in [-0.1, -0.05) is 121 Å². The molecule has 0 fully saturated rings. The Morgan fingerprint density at radius 1 is 0.440 bits per heavy atom. The predicted molar refractivity (Wildman–Crippen MR) is 205 cm³/mol. The fraction of sp³-hybridized carbons (Fsp3) is 0. The molecule has 4 heteroatoms. The maximum Gasteiger partial charge on any atom is 0.227 e. The van der Waals surface area contributed by atoms with E-state index in [2.05, 4.69) is 161 Å². The van der Waals surface area contributed by atoms with Gasteiger partial charge in [-0.15, -0.1) is 0 Å². The Morgan fingerprint density at radius 3 is 1.82 bits per heavy atom. The maximum absolute atomic E-state index is 6.44. The molecule has 10 rings (SSSR count). The lowest BCUT2D eigenvalue weighted by Gasteiger charge is -2.18. The standard InChI is InChI=1S/C46H29N3O/c1-3-12-30(13-4-1)35-24-21-33(28-39(35)31-14-5-2-6-15-31)36-25-22-34(46-48-45-43(50-46)26-23-32-16-11-27-47-44(32)45)29-42(36)49-40-19-9-7-17-37(40)38-18-8-10-20-41(38)49/h1-29H. The van der Waals surface area contributed by atoms with Gasteiger partial charge in [0.1, 0.15) is 5.52 Å². The molecule has 0 amide bonds. The number of aromatic nitrogens is 3. The quantitative estimate of drug-likeness (QED) is 0.188. The number of fused-ring (bicyclic) bond motifs is 6. The highest BCUT2D eigenvalue weighted by atomic mass is 16.3. The number of para-hydroxylation sites is 2. The van der Waals surface area contributed by atoms with Crippen molar-refractivity contribution in [3.05, 3.63) is 176 Å². The van der Waals surface area contributed by atoms with Crippen molar-refractivity contribution in [1.82, 2.24) is 14.5 Å². The average Bonchev–Trinajstić information content (AvgIpc) is 3.78. The van der Waals surface area contributed by atoms with Crippen LogP contribution < -0.4 is 0 Å². The molecule has 234 valence electrons. The zero-order valence-electron chi connectivity index (χ0n) is 27.0. The highest BCUT2D eigenvalue weighted by Crippen LogP contribution is 2.41. The third-order valence-corrected chi connectivity index (χ3v) is 9.70. The topological polar surface area (TPSA) is 43.9 Å². The van der Waals surface area contributed by atoms with Crippen LogP contribution in [0.4, 0.5) is 0 Å². The minimum Gasteiger partial charge on any atom is -0.436 e. The largest absolute Gasteiger partial charge is 0.436 e. The van der Waals surface area contributed by atoms with Gasteiger partial charge in [-0.3, -0.25) is 4.98 Å². The van der Waals surface area contributed by atoms with Crippen molar-refractivity contribution in [2.75, 3.05) is 0 Å². The van der Waals surface area contributed by atoms with Crippen molar-refractivity contribution in [3.63, 3.8) is 0 Å². The third kappa shape index (κ3) is 4.54. The van der Waals surface area contributed by atoms with E-state index < -0.39 is 0 Å². The first-order valence-electron chi connectivity index (χ1n) is 16.8. The summed E-state index contributed by atoms with van der Waals surface area (Å²) in [6.07, 6.45) is 1.80. The summed E-state index contributed by atoms with van der Waals surface area (Å²) < 4.78 is 8.82. The summed E-state index contributed by atoms with van der Waals surface area (Å²) in [5.41, 5.74) is 13.5. The second-order valence-electron chi connectivity index (χ2n) is 12.6. The van der Waals surface area contributed by atoms with E-state index >= 15 is 0 Å². The van der Waals surface area contributed by atoms with E-state index in [1.807, 2.05) is 18.2 Å². The molecule has 0 N–H and O–H groups in total. The lowest BCUT2D eigenvalue weighted by molar-refractivity contribution is 0.620. The molecule has 0 unspecified atom stereocenters. The first-order chi connectivity index (χ1) is 24.8. The molecule has 7 aromatic carbocycles. The van der Waals surface area contributed by atoms with Crippen LogP contribution in [0.15, 0.2) is 180 Å². The van der Waals surface area contributed by atoms with Gasteiger partial charge in [0.2, 0.25) is 5.89 Å². The van der Waals surface area contributed by atoms with E-state index in [1.165, 1.54) is 33.0 Å². The van der Waals surface area contributed by atoms with Gasteiger partial charge in [0, 0.05) is 33.5 Å². The lowest BCUT2D eigenvalue weighted by Crippen LogP contribution is -1.99. The van der Waals surface area contributed by atoms with Crippen molar-refractivity contribution in [2.24, 2.45) is 0 Å². The number of benzene rings is 7. The Morgan fingerprint density at radius 2 is 1.08 bits per heavy atom. The number of pyridine rings is 1. The van der Waals surface area contributed by atoms with E-state index in [4.69, 9.17) is 9.40 Å². The molecule has 0 aliphatic heterocycles. The first kappa shape index (κ1) is 28.3. The molecular weight excluding hydrogens is 611 g/mol. The fourth-order valence-electron chi connectivity index (χ4n) is 7.37. The second-order valence-corrected chi connectivity index (χ2v) is 12.6. The summed E-state index contributed by atoms with van der Waals surface area (Å²) in [6.45, 7) is 0. The summed E-state index contributed by atoms with van der Waals surface area (Å²) in [6, 6.07) is 60.0. The van der Waals surface area contributed by atoms with Crippen molar-refractivity contribution in [1.29, 1.82) is 0 Å². The molecule has 0 bridgehead atoms. The lowest BCUT2D eigenvalue weighted by atomic mass is 9.90. The predicted octanol–water partition coefficient (Wildman–Crippen LogP) is 12.1. The Hall–Kier alpha value is -6.78. The van der Waals surface area contributed by atoms with E-state index in [-0.39, 0.29) is 0 Å². The van der Waals surface area contributed by atoms with Gasteiger partial charge in [0.05, 0.1) is 22.2 Å². The molecule has 4 nitrogen and oxygen atoms in total. The van der Waals surface area contributed by atoms with Gasteiger partial charge in [0.25, 0.3) is 0 Å². The van der Waals surface area contributed by atoms with E-state index in [9.17, 15) is 0 Å². The highest BCUT2D eigenvalue weighted by Gasteiger charge is 2.20. The van der Waals surface area contributed by atoms with Gasteiger partial charge >= 0.3 is 0 Å². The van der Waals surface area contributed by atoms with Gasteiger partial charge < -0.3 is 8.98 Å². The van der Waals surface area contributed by atoms with Gasteiger partial charge in [-0.05, 0) is 76.3 Å². The summed E-state index contributed by atoms with van der Waals surface area (Å²) in [5, 5.41) is 3.46. The number of hydrogen-bond donors (Lipinski definition) is 0. The SMILES string of the molecule is c1ccc(-c2ccc(-c3ccc(-c4nc5c(ccc6cccnc65)o4)cc3-n3c4ccccc4c4ccccc43)cc2-c2ccccc2)cc1. The second kappa shape index (κ2) is 11.4. The normalized spacial score (nSPS) is 11.6. The average molecular weight is 640 g/mol. The molecule has 0 saturated carbocycles. The molecule has 10 aromatic rings. The molecule has 0 atom stereocenters. The zero-order valence-corrected chi connectivity index (χ0v) is 27.0. The van der Waals surface area contributed by atoms with Crippen LogP contribution >= 0.6 is 0 Å². The summed E-state index contributed by atoms with van der Waals surface area (Å²) in [5.74, 6) is 0.566. The zero-order chi connectivity index (χ0) is 33.0. The molecule has 3 aromatic heterocycles. The van der Waals surface area contributed by atoms with Crippen molar-refractivity contribution in [2.45, 2.75) is 0 Å². The molecule has 50 heavy (non-hydrogen) atoms. The molecule has 0 saturated heterocycles. The van der Waals surface area contributed by atoms with Crippen molar-refractivity contribution in [3.8, 4) is 50.5 Å². The summed E-state index contributed by atoms with van der Waals surface area (Å²) in [7, 11) is 0. The van der Waals surface area contributed by atoms with Crippen LogP contribution in [-0.4, -0.2) is 14.5 Å². The van der Waals surface area contributed by atoms with Crippen LogP contribution in [0.2, 0.25) is 0 Å². The first-order valence-corrected chi connectivity index (χ1v) is 16.8. The molecular formula is C46H29N3O. The molecule has 3 heterocycles. The van der Waals surface area contributed by atoms with Crippen LogP contribution in [-0.2, 0) is 0 Å². The molecule has 0 spiro atoms. The monoisotopic (exact) mass is 639 g/mol. The fourth-order valence-corrected chi connectivity index (χ4v) is 7.37. The van der Waals surface area contributed by atoms with Gasteiger partial charge in [-0.2, -0.15) is 0 Å². The van der Waals surface area contributed by atoms with Gasteiger partial charge in [0.15, 0.2) is 5.58 Å². The minimum atomic E-state index is 0.566. The third-order valence-electron chi connectivity index (χ3n) is 9.70. The van der Waals surface area contributed by atoms with Crippen LogP contribution in [0, 0.1) is 0 Å². The Kier molecular flexibility index (Phi) is 6.46. The Balaban J connectivity index is 1.25. The Labute approximate surface area is 288 Å². The van der Waals surface area contributed by atoms with Crippen LogP contribution in [0.5, 0.6) is 0 Å². The molecule has 0 aliphatic rings. The number of hydrogen-bond acceptors (Lipinski definition) is 3. The number of rotatable bonds is 5. The minimum absolute atomic E-state index is 0.566. The van der Waals surface area contributed by atoms with Crippen LogP contribution in [0.1, 0.15) is 0 Å². The highest BCUT2D eigenvalue weighted by molar-refractivity contribution is 6.10. The number of nitrogens with zero attached hydrogens (tertiary/aromatic N) is 3. The van der Waals surface area contributed by atoms with E-state index in [0.29, 0.717) is 5.89 Å². The van der Waals surface area contributed by atoms with Crippen LogP contribution in [0.3, 0.4) is 0 Å². The molecule has 0 aliphatic carbocycles. The maximum atomic E-state index is 6.44. The molecule has 0 radical (unpaired) electrons. The van der Waals surface area contributed by atoms with E-state index in [0.717, 1.165) is 55.4 Å². The van der Waals surface area contributed by atoms with Crippen molar-refractivity contribution >= 4 is 43.8 Å². The van der Waals surface area contributed by atoms with E-state index in [1.54, 1.807) is 6.20 Å². The van der Waals surface area contributed by atoms with Gasteiger partial charge in [-0.25, -0.2) is 4.98 Å². The van der Waals surface area contributed by atoms with Crippen molar-refractivity contribution < 1.29 is 4.42 Å². The summed E-state index contributed by atoms with van der Waals surface area (Å²) in [4.78, 5) is 9.65. The van der Waals surface area contributed by atoms with Crippen LogP contribution in [0.25, 0.3) is 94.3 Å². The number of oxazole rings is 1. The summed E-state index contributed by atoms with van der Waals surface area (Å²) >= 11 is 0. The smallest absolute Gasteiger partial charge is 0.227 e. The Bertz CT molecular complexity index is 2810.